The van der Waals surface area contributed by atoms with Gasteiger partial charge in [0.2, 0.25) is 0 Å². The number of hydrogen-bond donors (Lipinski definition) is 0. The largest absolute Gasteiger partial charge is 0.461 e. The lowest BCUT2D eigenvalue weighted by molar-refractivity contribution is 0.0185. The van der Waals surface area contributed by atoms with Crippen LogP contribution in [0.25, 0.3) is 11.0 Å². The van der Waals surface area contributed by atoms with E-state index in [1.807, 2.05) is 36.1 Å². The van der Waals surface area contributed by atoms with Crippen molar-refractivity contribution in [2.75, 3.05) is 39.4 Å². The van der Waals surface area contributed by atoms with E-state index in [9.17, 15) is 4.79 Å². The van der Waals surface area contributed by atoms with Crippen LogP contribution in [0.4, 0.5) is 0 Å². The molecule has 2 saturated heterocycles. The van der Waals surface area contributed by atoms with Crippen LogP contribution in [0.2, 0.25) is 0 Å². The Kier molecular flexibility index (Phi) is 3.83. The van der Waals surface area contributed by atoms with Gasteiger partial charge in [-0.3, -0.25) is 9.69 Å². The number of fused-ring (bicyclic) bond motifs is 1. The fourth-order valence-electron chi connectivity index (χ4n) is 3.76. The average molecular weight is 314 g/mol. The molecule has 0 aliphatic carbocycles. The van der Waals surface area contributed by atoms with E-state index in [0.29, 0.717) is 11.8 Å². The van der Waals surface area contributed by atoms with Crippen molar-refractivity contribution in [2.24, 2.45) is 0 Å². The fraction of sp³-hybridized carbons (Fsp3) is 0.500. The normalized spacial score (nSPS) is 22.8. The molecule has 5 heteroatoms. The number of morpholine rings is 1. The van der Waals surface area contributed by atoms with Gasteiger partial charge in [0.1, 0.15) is 11.3 Å². The summed E-state index contributed by atoms with van der Waals surface area (Å²) >= 11 is 0. The smallest absolute Gasteiger partial charge is 0.258 e. The van der Waals surface area contributed by atoms with E-state index in [1.54, 1.807) is 0 Å². The highest BCUT2D eigenvalue weighted by Gasteiger charge is 2.33. The van der Waals surface area contributed by atoms with Crippen LogP contribution in [-0.2, 0) is 4.74 Å². The molecular weight excluding hydrogens is 292 g/mol. The zero-order valence-electron chi connectivity index (χ0n) is 13.5. The van der Waals surface area contributed by atoms with E-state index in [1.165, 1.54) is 0 Å². The van der Waals surface area contributed by atoms with E-state index < -0.39 is 0 Å². The van der Waals surface area contributed by atoms with Gasteiger partial charge in [-0.2, -0.15) is 0 Å². The number of benzene rings is 1. The first-order valence-electron chi connectivity index (χ1n) is 8.33. The van der Waals surface area contributed by atoms with Gasteiger partial charge in [-0.05, 0) is 19.4 Å². The Morgan fingerprint density at radius 1 is 1.17 bits per heavy atom. The number of carbonyl (C=O) groups is 1. The second-order valence-corrected chi connectivity index (χ2v) is 6.37. The average Bonchev–Trinajstić information content (AvgIpc) is 3.19. The minimum atomic E-state index is 0.100. The van der Waals surface area contributed by atoms with Crippen molar-refractivity contribution in [3.05, 3.63) is 35.6 Å². The number of nitrogens with zero attached hydrogens (tertiary/aromatic N) is 2. The Bertz CT molecular complexity index is 718. The molecule has 0 N–H and O–H groups in total. The predicted molar refractivity (Wildman–Crippen MR) is 87.7 cm³/mol. The lowest BCUT2D eigenvalue weighted by Gasteiger charge is -2.32. The molecule has 2 aliphatic rings. The first-order chi connectivity index (χ1) is 11.2. The van der Waals surface area contributed by atoms with Gasteiger partial charge in [-0.15, -0.1) is 0 Å². The standard InChI is InChI=1S/C18H22N2O3/c1-13-17(15-4-2-3-5-16(15)23-13)18(21)20-7-6-14(12-20)19-8-10-22-11-9-19/h2-5,14H,6-12H2,1H3. The number of amides is 1. The fourth-order valence-corrected chi connectivity index (χ4v) is 3.76. The van der Waals surface area contributed by atoms with Gasteiger partial charge in [0, 0.05) is 37.6 Å². The number of ether oxygens (including phenoxy) is 1. The van der Waals surface area contributed by atoms with Crippen molar-refractivity contribution in [3.63, 3.8) is 0 Å². The second kappa shape index (κ2) is 5.98. The second-order valence-electron chi connectivity index (χ2n) is 6.37. The molecule has 23 heavy (non-hydrogen) atoms. The van der Waals surface area contributed by atoms with Crippen molar-refractivity contribution >= 4 is 16.9 Å². The molecular formula is C18H22N2O3. The minimum absolute atomic E-state index is 0.100. The van der Waals surface area contributed by atoms with Crippen molar-refractivity contribution in [1.29, 1.82) is 0 Å². The molecule has 0 spiro atoms. The van der Waals surface area contributed by atoms with Crippen LogP contribution in [0.1, 0.15) is 22.5 Å². The summed E-state index contributed by atoms with van der Waals surface area (Å²) in [6, 6.07) is 8.23. The summed E-state index contributed by atoms with van der Waals surface area (Å²) in [6.45, 7) is 7.05. The van der Waals surface area contributed by atoms with Crippen molar-refractivity contribution < 1.29 is 13.9 Å². The molecule has 1 aromatic carbocycles. The van der Waals surface area contributed by atoms with Crippen LogP contribution in [0.15, 0.2) is 28.7 Å². The number of para-hydroxylation sites is 1. The van der Waals surface area contributed by atoms with E-state index in [4.69, 9.17) is 9.15 Å². The zero-order chi connectivity index (χ0) is 15.8. The van der Waals surface area contributed by atoms with Gasteiger partial charge in [0.25, 0.3) is 5.91 Å². The maximum Gasteiger partial charge on any atom is 0.258 e. The number of carbonyl (C=O) groups excluding carboxylic acids is 1. The molecule has 0 bridgehead atoms. The van der Waals surface area contributed by atoms with Crippen LogP contribution in [0.5, 0.6) is 0 Å². The first-order valence-corrected chi connectivity index (χ1v) is 8.33. The summed E-state index contributed by atoms with van der Waals surface area (Å²) in [4.78, 5) is 17.4. The van der Waals surface area contributed by atoms with Crippen LogP contribution < -0.4 is 0 Å². The summed E-state index contributed by atoms with van der Waals surface area (Å²) in [5, 5.41) is 0.921. The Hall–Kier alpha value is -1.85. The molecule has 5 nitrogen and oxygen atoms in total. The van der Waals surface area contributed by atoms with Gasteiger partial charge in [0.15, 0.2) is 0 Å². The van der Waals surface area contributed by atoms with Gasteiger partial charge < -0.3 is 14.1 Å². The van der Waals surface area contributed by atoms with Gasteiger partial charge in [-0.1, -0.05) is 18.2 Å². The lowest BCUT2D eigenvalue weighted by atomic mass is 10.1. The van der Waals surface area contributed by atoms with Gasteiger partial charge >= 0.3 is 0 Å². The number of rotatable bonds is 2. The molecule has 0 saturated carbocycles. The highest BCUT2D eigenvalue weighted by Crippen LogP contribution is 2.28. The van der Waals surface area contributed by atoms with Crippen LogP contribution >= 0.6 is 0 Å². The van der Waals surface area contributed by atoms with Crippen LogP contribution in [0.3, 0.4) is 0 Å². The molecule has 2 aromatic rings. The Morgan fingerprint density at radius 2 is 1.96 bits per heavy atom. The predicted octanol–water partition coefficient (Wildman–Crippen LogP) is 2.29. The molecule has 122 valence electrons. The number of likely N-dealkylation sites (tertiary alicyclic amines) is 1. The molecule has 2 fully saturated rings. The highest BCUT2D eigenvalue weighted by atomic mass is 16.5. The van der Waals surface area contributed by atoms with E-state index in [0.717, 1.165) is 62.3 Å². The molecule has 1 amide bonds. The molecule has 4 rings (SSSR count). The minimum Gasteiger partial charge on any atom is -0.461 e. The summed E-state index contributed by atoms with van der Waals surface area (Å²) in [7, 11) is 0. The van der Waals surface area contributed by atoms with Crippen LogP contribution in [0, 0.1) is 6.92 Å². The molecule has 1 atom stereocenters. The summed E-state index contributed by atoms with van der Waals surface area (Å²) in [6.07, 6.45) is 1.04. The first kappa shape index (κ1) is 14.7. The zero-order valence-corrected chi connectivity index (χ0v) is 13.5. The van der Waals surface area contributed by atoms with Gasteiger partial charge in [0.05, 0.1) is 18.8 Å². The third-order valence-electron chi connectivity index (χ3n) is 5.00. The summed E-state index contributed by atoms with van der Waals surface area (Å²) in [5.41, 5.74) is 1.51. The van der Waals surface area contributed by atoms with E-state index in [-0.39, 0.29) is 5.91 Å². The third kappa shape index (κ3) is 2.64. The molecule has 3 heterocycles. The monoisotopic (exact) mass is 314 g/mol. The highest BCUT2D eigenvalue weighted by molar-refractivity contribution is 6.07. The summed E-state index contributed by atoms with van der Waals surface area (Å²) in [5.74, 6) is 0.814. The molecule has 1 unspecified atom stereocenters. The topological polar surface area (TPSA) is 45.9 Å². The summed E-state index contributed by atoms with van der Waals surface area (Å²) < 4.78 is 11.2. The number of hydrogen-bond acceptors (Lipinski definition) is 4. The Balaban J connectivity index is 1.54. The Morgan fingerprint density at radius 3 is 2.78 bits per heavy atom. The molecule has 1 aromatic heterocycles. The van der Waals surface area contributed by atoms with Gasteiger partial charge in [-0.25, -0.2) is 0 Å². The van der Waals surface area contributed by atoms with Crippen molar-refractivity contribution in [3.8, 4) is 0 Å². The third-order valence-corrected chi connectivity index (χ3v) is 5.00. The SMILES string of the molecule is Cc1oc2ccccc2c1C(=O)N1CCC(N2CCOCC2)C1. The number of furan rings is 1. The Labute approximate surface area is 135 Å². The van der Waals surface area contributed by atoms with Crippen LogP contribution in [-0.4, -0.2) is 61.1 Å². The maximum absolute atomic E-state index is 13.0. The van der Waals surface area contributed by atoms with Crippen molar-refractivity contribution in [2.45, 2.75) is 19.4 Å². The molecule has 2 aliphatic heterocycles. The maximum atomic E-state index is 13.0. The van der Waals surface area contributed by atoms with E-state index >= 15 is 0 Å². The lowest BCUT2D eigenvalue weighted by Crippen LogP contribution is -2.45. The van der Waals surface area contributed by atoms with Crippen molar-refractivity contribution in [1.82, 2.24) is 9.80 Å². The van der Waals surface area contributed by atoms with E-state index in [2.05, 4.69) is 4.90 Å². The quantitative estimate of drug-likeness (QED) is 0.853. The number of aryl methyl sites for hydroxylation is 1. The molecule has 0 radical (unpaired) electrons.